The van der Waals surface area contributed by atoms with E-state index in [0.717, 1.165) is 19.6 Å². The molecule has 0 saturated carbocycles. The molecule has 0 unspecified atom stereocenters. The van der Waals surface area contributed by atoms with E-state index in [9.17, 15) is 0 Å². The van der Waals surface area contributed by atoms with Crippen molar-refractivity contribution in [2.24, 2.45) is 0 Å². The maximum absolute atomic E-state index is 5.54. The summed E-state index contributed by atoms with van der Waals surface area (Å²) in [7, 11) is 2.02. The average Bonchev–Trinajstić information content (AvgIpc) is 2.15. The minimum Gasteiger partial charge on any atom is -0.317 e. The first-order valence-electron chi connectivity index (χ1n) is 4.63. The molecule has 1 N–H and O–H groups in total. The zero-order valence-electron chi connectivity index (χ0n) is 7.89. The lowest BCUT2D eigenvalue weighted by Gasteiger charge is -2.30. The highest BCUT2D eigenvalue weighted by molar-refractivity contribution is 6.55. The zero-order valence-corrected chi connectivity index (χ0v) is 9.41. The van der Waals surface area contributed by atoms with Gasteiger partial charge in [0.15, 0.2) is 0 Å². The summed E-state index contributed by atoms with van der Waals surface area (Å²) >= 11 is 11.1. The van der Waals surface area contributed by atoms with Crippen LogP contribution in [0.4, 0.5) is 0 Å². The normalized spacial score (nSPS) is 20.2. The van der Waals surface area contributed by atoms with Gasteiger partial charge >= 0.3 is 0 Å². The molecule has 0 atom stereocenters. The fourth-order valence-electron chi connectivity index (χ4n) is 1.60. The summed E-state index contributed by atoms with van der Waals surface area (Å²) in [6.45, 7) is 3.13. The van der Waals surface area contributed by atoms with Crippen molar-refractivity contribution >= 4 is 23.2 Å². The average molecular weight is 223 g/mol. The predicted octanol–water partition coefficient (Wildman–Crippen LogP) is 1.99. The van der Waals surface area contributed by atoms with Gasteiger partial charge in [0.05, 0.1) is 0 Å². The number of halogens is 2. The highest BCUT2D eigenvalue weighted by Gasteiger charge is 2.16. The molecule has 1 fully saturated rings. The van der Waals surface area contributed by atoms with E-state index >= 15 is 0 Å². The summed E-state index contributed by atoms with van der Waals surface area (Å²) in [5, 5.41) is 3.30. The van der Waals surface area contributed by atoms with Crippen LogP contribution < -0.4 is 5.32 Å². The van der Waals surface area contributed by atoms with Gasteiger partial charge in [-0.05, 0) is 39.1 Å². The van der Waals surface area contributed by atoms with Crippen LogP contribution in [0, 0.1) is 0 Å². The van der Waals surface area contributed by atoms with Crippen LogP contribution in [-0.2, 0) is 0 Å². The van der Waals surface area contributed by atoms with Gasteiger partial charge in [0.1, 0.15) is 4.49 Å². The number of rotatable bonds is 3. The van der Waals surface area contributed by atoms with Crippen LogP contribution >= 0.6 is 23.2 Å². The van der Waals surface area contributed by atoms with Crippen molar-refractivity contribution in [2.45, 2.75) is 18.9 Å². The van der Waals surface area contributed by atoms with Crippen molar-refractivity contribution in [3.05, 3.63) is 10.6 Å². The summed E-state index contributed by atoms with van der Waals surface area (Å²) < 4.78 is 0.371. The quantitative estimate of drug-likeness (QED) is 0.787. The standard InChI is InChI=1S/C9H16Cl2N2/c1-12-8-2-5-13(6-3-8)7-4-9(10)11/h4,8,12H,2-3,5-7H2,1H3. The zero-order chi connectivity index (χ0) is 9.68. The Morgan fingerprint density at radius 3 is 2.54 bits per heavy atom. The Bertz CT molecular complexity index is 170. The van der Waals surface area contributed by atoms with E-state index in [4.69, 9.17) is 23.2 Å². The van der Waals surface area contributed by atoms with Crippen molar-refractivity contribution in [1.82, 2.24) is 10.2 Å². The minimum absolute atomic E-state index is 0.371. The molecule has 0 bridgehead atoms. The van der Waals surface area contributed by atoms with E-state index in [0.29, 0.717) is 10.5 Å². The maximum Gasteiger partial charge on any atom is 0.104 e. The van der Waals surface area contributed by atoms with E-state index in [-0.39, 0.29) is 0 Å². The molecule has 4 heteroatoms. The molecule has 1 aliphatic rings. The first kappa shape index (κ1) is 11.3. The second-order valence-electron chi connectivity index (χ2n) is 3.36. The molecule has 0 radical (unpaired) electrons. The fraction of sp³-hybridized carbons (Fsp3) is 0.778. The first-order chi connectivity index (χ1) is 6.22. The lowest BCUT2D eigenvalue weighted by molar-refractivity contribution is 0.220. The summed E-state index contributed by atoms with van der Waals surface area (Å²) in [5.41, 5.74) is 0. The summed E-state index contributed by atoms with van der Waals surface area (Å²) in [6.07, 6.45) is 4.28. The molecule has 0 amide bonds. The molecule has 2 nitrogen and oxygen atoms in total. The number of likely N-dealkylation sites (tertiary alicyclic amines) is 1. The van der Waals surface area contributed by atoms with Gasteiger partial charge in [-0.15, -0.1) is 0 Å². The molecule has 0 aromatic carbocycles. The Hall–Kier alpha value is 0.240. The Morgan fingerprint density at radius 1 is 1.46 bits per heavy atom. The molecule has 0 aromatic heterocycles. The molecule has 1 rings (SSSR count). The molecule has 0 aromatic rings. The lowest BCUT2D eigenvalue weighted by Crippen LogP contribution is -2.41. The van der Waals surface area contributed by atoms with Gasteiger partial charge in [0, 0.05) is 12.6 Å². The molecule has 1 aliphatic heterocycles. The Kier molecular flexibility index (Phi) is 5.10. The Morgan fingerprint density at radius 2 is 2.08 bits per heavy atom. The van der Waals surface area contributed by atoms with Crippen LogP contribution in [0.1, 0.15) is 12.8 Å². The SMILES string of the molecule is CNC1CCN(CC=C(Cl)Cl)CC1. The van der Waals surface area contributed by atoms with Crippen LogP contribution in [0.2, 0.25) is 0 Å². The van der Waals surface area contributed by atoms with Crippen molar-refractivity contribution in [2.75, 3.05) is 26.7 Å². The molecule has 13 heavy (non-hydrogen) atoms. The highest BCUT2D eigenvalue weighted by Crippen LogP contribution is 2.11. The summed E-state index contributed by atoms with van der Waals surface area (Å²) in [6, 6.07) is 0.687. The lowest BCUT2D eigenvalue weighted by atomic mass is 10.1. The van der Waals surface area contributed by atoms with Gasteiger partial charge in [0.2, 0.25) is 0 Å². The van der Waals surface area contributed by atoms with Crippen molar-refractivity contribution < 1.29 is 0 Å². The van der Waals surface area contributed by atoms with Crippen molar-refractivity contribution in [1.29, 1.82) is 0 Å². The third kappa shape index (κ3) is 4.32. The van der Waals surface area contributed by atoms with E-state index in [1.807, 2.05) is 13.1 Å². The Balaban J connectivity index is 2.21. The molecule has 0 spiro atoms. The van der Waals surface area contributed by atoms with Gasteiger partial charge in [-0.25, -0.2) is 0 Å². The number of nitrogens with zero attached hydrogens (tertiary/aromatic N) is 1. The van der Waals surface area contributed by atoms with Gasteiger partial charge in [0.25, 0.3) is 0 Å². The van der Waals surface area contributed by atoms with E-state index in [1.54, 1.807) is 0 Å². The molecule has 0 aliphatic carbocycles. The number of hydrogen-bond acceptors (Lipinski definition) is 2. The van der Waals surface area contributed by atoms with Crippen molar-refractivity contribution in [3.63, 3.8) is 0 Å². The van der Waals surface area contributed by atoms with Crippen molar-refractivity contribution in [3.8, 4) is 0 Å². The molecule has 1 heterocycles. The smallest absolute Gasteiger partial charge is 0.104 e. The van der Waals surface area contributed by atoms with Crippen LogP contribution in [-0.4, -0.2) is 37.6 Å². The molecular formula is C9H16Cl2N2. The van der Waals surface area contributed by atoms with E-state index < -0.39 is 0 Å². The van der Waals surface area contributed by atoms with Crippen LogP contribution in [0.15, 0.2) is 10.6 Å². The first-order valence-corrected chi connectivity index (χ1v) is 5.38. The van der Waals surface area contributed by atoms with Crippen LogP contribution in [0.3, 0.4) is 0 Å². The second-order valence-corrected chi connectivity index (χ2v) is 4.37. The van der Waals surface area contributed by atoms with E-state index in [2.05, 4.69) is 10.2 Å². The van der Waals surface area contributed by atoms with Gasteiger partial charge < -0.3 is 5.32 Å². The fourth-order valence-corrected chi connectivity index (χ4v) is 1.74. The third-order valence-electron chi connectivity index (χ3n) is 2.50. The summed E-state index contributed by atoms with van der Waals surface area (Å²) in [4.78, 5) is 2.36. The van der Waals surface area contributed by atoms with Gasteiger partial charge in [-0.2, -0.15) is 0 Å². The minimum atomic E-state index is 0.371. The highest BCUT2D eigenvalue weighted by atomic mass is 35.5. The number of piperidine rings is 1. The summed E-state index contributed by atoms with van der Waals surface area (Å²) in [5.74, 6) is 0. The second kappa shape index (κ2) is 5.86. The van der Waals surface area contributed by atoms with Gasteiger partial charge in [-0.3, -0.25) is 4.90 Å². The topological polar surface area (TPSA) is 15.3 Å². The van der Waals surface area contributed by atoms with Crippen LogP contribution in [0.5, 0.6) is 0 Å². The number of hydrogen-bond donors (Lipinski definition) is 1. The number of nitrogens with one attached hydrogen (secondary N) is 1. The van der Waals surface area contributed by atoms with E-state index in [1.165, 1.54) is 12.8 Å². The largest absolute Gasteiger partial charge is 0.317 e. The molecule has 1 saturated heterocycles. The third-order valence-corrected chi connectivity index (χ3v) is 2.81. The predicted molar refractivity (Wildman–Crippen MR) is 58.3 cm³/mol. The maximum atomic E-state index is 5.54. The molecule has 76 valence electrons. The molecular weight excluding hydrogens is 207 g/mol. The Labute approximate surface area is 89.9 Å². The monoisotopic (exact) mass is 222 g/mol. The van der Waals surface area contributed by atoms with Gasteiger partial charge in [-0.1, -0.05) is 23.2 Å². The van der Waals surface area contributed by atoms with Crippen LogP contribution in [0.25, 0.3) is 0 Å².